The van der Waals surface area contributed by atoms with Crippen molar-refractivity contribution in [1.82, 2.24) is 15.1 Å². The topological polar surface area (TPSA) is 42.3 Å². The summed E-state index contributed by atoms with van der Waals surface area (Å²) in [6, 6.07) is 2.72. The Bertz CT molecular complexity index is 276. The highest BCUT2D eigenvalue weighted by atomic mass is 15.1. The lowest BCUT2D eigenvalue weighted by Gasteiger charge is -2.32. The minimum absolute atomic E-state index is 0.0139. The van der Waals surface area contributed by atoms with Crippen molar-refractivity contribution in [3.05, 3.63) is 0 Å². The molecule has 1 aliphatic heterocycles. The molecule has 0 saturated carbocycles. The van der Waals surface area contributed by atoms with Gasteiger partial charge in [0.25, 0.3) is 0 Å². The summed E-state index contributed by atoms with van der Waals surface area (Å²) < 4.78 is 0. The third-order valence-electron chi connectivity index (χ3n) is 3.90. The molecule has 0 radical (unpaired) electrons. The quantitative estimate of drug-likeness (QED) is 0.759. The van der Waals surface area contributed by atoms with Crippen molar-refractivity contribution < 1.29 is 0 Å². The summed E-state index contributed by atoms with van der Waals surface area (Å²) in [5.41, 5.74) is 0. The largest absolute Gasteiger partial charge is 0.306 e. The lowest BCUT2D eigenvalue weighted by molar-refractivity contribution is 0.174. The zero-order valence-corrected chi connectivity index (χ0v) is 13.0. The van der Waals surface area contributed by atoms with Gasteiger partial charge in [-0.1, -0.05) is 0 Å². The molecule has 0 aliphatic carbocycles. The second-order valence-electron chi connectivity index (χ2n) is 6.30. The summed E-state index contributed by atoms with van der Waals surface area (Å²) >= 11 is 0. The van der Waals surface area contributed by atoms with Gasteiger partial charge in [-0.3, -0.25) is 5.32 Å². The molecule has 1 rings (SSSR count). The van der Waals surface area contributed by atoms with Gasteiger partial charge in [-0.2, -0.15) is 5.26 Å². The maximum absolute atomic E-state index is 9.10. The minimum atomic E-state index is -0.0139. The van der Waals surface area contributed by atoms with Crippen LogP contribution in [0, 0.1) is 17.2 Å². The van der Waals surface area contributed by atoms with E-state index in [9.17, 15) is 0 Å². The second-order valence-corrected chi connectivity index (χ2v) is 6.30. The summed E-state index contributed by atoms with van der Waals surface area (Å²) in [5.74, 6) is 0.833. The molecule has 4 heteroatoms. The molecule has 0 aromatic carbocycles. The van der Waals surface area contributed by atoms with E-state index in [4.69, 9.17) is 5.26 Å². The number of hydrogen-bond donors (Lipinski definition) is 1. The molecule has 1 saturated heterocycles. The number of hydrogen-bond acceptors (Lipinski definition) is 4. The molecular weight excluding hydrogens is 236 g/mol. The molecular formula is C15H30N4. The van der Waals surface area contributed by atoms with Gasteiger partial charge in [-0.15, -0.1) is 0 Å². The molecule has 1 fully saturated rings. The summed E-state index contributed by atoms with van der Waals surface area (Å²) in [5, 5.41) is 12.4. The van der Waals surface area contributed by atoms with Crippen LogP contribution < -0.4 is 5.32 Å². The van der Waals surface area contributed by atoms with E-state index in [-0.39, 0.29) is 6.04 Å². The SMILES string of the molecule is CC(C)NC(C#N)CCN(C)CC1CCN(C)CC1. The highest BCUT2D eigenvalue weighted by Gasteiger charge is 2.18. The van der Waals surface area contributed by atoms with Gasteiger partial charge in [-0.25, -0.2) is 0 Å². The number of nitrogens with one attached hydrogen (secondary N) is 1. The zero-order valence-electron chi connectivity index (χ0n) is 13.0. The highest BCUT2D eigenvalue weighted by Crippen LogP contribution is 2.16. The number of likely N-dealkylation sites (tertiary alicyclic amines) is 1. The van der Waals surface area contributed by atoms with Crippen molar-refractivity contribution in [3.8, 4) is 6.07 Å². The van der Waals surface area contributed by atoms with Crippen LogP contribution in [-0.2, 0) is 0 Å². The fourth-order valence-electron chi connectivity index (χ4n) is 2.71. The van der Waals surface area contributed by atoms with Gasteiger partial charge in [0.15, 0.2) is 0 Å². The standard InChI is InChI=1S/C15H30N4/c1-13(2)17-15(11-16)7-10-19(4)12-14-5-8-18(3)9-6-14/h13-15,17H,5-10,12H2,1-4H3. The van der Waals surface area contributed by atoms with Gasteiger partial charge >= 0.3 is 0 Å². The molecule has 0 spiro atoms. The first-order valence-corrected chi connectivity index (χ1v) is 7.54. The number of nitriles is 1. The molecule has 1 atom stereocenters. The Labute approximate surface area is 118 Å². The van der Waals surface area contributed by atoms with Crippen LogP contribution in [0.1, 0.15) is 33.1 Å². The van der Waals surface area contributed by atoms with Crippen LogP contribution in [0.15, 0.2) is 0 Å². The molecule has 1 N–H and O–H groups in total. The molecule has 4 nitrogen and oxygen atoms in total. The van der Waals surface area contributed by atoms with Crippen LogP contribution in [0.2, 0.25) is 0 Å². The van der Waals surface area contributed by atoms with Crippen LogP contribution >= 0.6 is 0 Å². The van der Waals surface area contributed by atoms with Gasteiger partial charge in [0.05, 0.1) is 12.1 Å². The predicted octanol–water partition coefficient (Wildman–Crippen LogP) is 1.54. The van der Waals surface area contributed by atoms with Crippen molar-refractivity contribution in [2.45, 2.75) is 45.2 Å². The zero-order chi connectivity index (χ0) is 14.3. The van der Waals surface area contributed by atoms with E-state index >= 15 is 0 Å². The van der Waals surface area contributed by atoms with Crippen LogP contribution in [0.25, 0.3) is 0 Å². The lowest BCUT2D eigenvalue weighted by Crippen LogP contribution is -2.39. The molecule has 0 amide bonds. The van der Waals surface area contributed by atoms with Crippen molar-refractivity contribution in [2.75, 3.05) is 40.3 Å². The van der Waals surface area contributed by atoms with E-state index < -0.39 is 0 Å². The Morgan fingerprint density at radius 2 is 2.00 bits per heavy atom. The molecule has 19 heavy (non-hydrogen) atoms. The van der Waals surface area contributed by atoms with Gasteiger partial charge in [0.1, 0.15) is 0 Å². The maximum Gasteiger partial charge on any atom is 0.0967 e. The van der Waals surface area contributed by atoms with E-state index in [1.165, 1.54) is 32.5 Å². The predicted molar refractivity (Wildman–Crippen MR) is 80.0 cm³/mol. The third kappa shape index (κ3) is 6.91. The van der Waals surface area contributed by atoms with E-state index in [1.54, 1.807) is 0 Å². The molecule has 1 unspecified atom stereocenters. The van der Waals surface area contributed by atoms with Crippen molar-refractivity contribution in [2.24, 2.45) is 5.92 Å². The molecule has 1 aliphatic rings. The lowest BCUT2D eigenvalue weighted by atomic mass is 9.96. The Hall–Kier alpha value is -0.630. The molecule has 0 aromatic heterocycles. The maximum atomic E-state index is 9.10. The van der Waals surface area contributed by atoms with Crippen molar-refractivity contribution >= 4 is 0 Å². The monoisotopic (exact) mass is 266 g/mol. The molecule has 110 valence electrons. The Balaban J connectivity index is 2.20. The van der Waals surface area contributed by atoms with Crippen LogP contribution in [0.5, 0.6) is 0 Å². The summed E-state index contributed by atoms with van der Waals surface area (Å²) in [4.78, 5) is 4.80. The second kappa shape index (κ2) is 8.52. The Morgan fingerprint density at radius 1 is 1.37 bits per heavy atom. The van der Waals surface area contributed by atoms with Gasteiger partial charge in [-0.05, 0) is 66.2 Å². The average molecular weight is 266 g/mol. The normalized spacial score (nSPS) is 19.8. The molecule has 0 bridgehead atoms. The summed E-state index contributed by atoms with van der Waals surface area (Å²) in [6.07, 6.45) is 3.54. The fourth-order valence-corrected chi connectivity index (χ4v) is 2.71. The Kier molecular flexibility index (Phi) is 7.37. The first-order valence-electron chi connectivity index (χ1n) is 7.54. The van der Waals surface area contributed by atoms with E-state index in [2.05, 4.69) is 49.1 Å². The first kappa shape index (κ1) is 16.4. The smallest absolute Gasteiger partial charge is 0.0967 e. The first-order chi connectivity index (χ1) is 9.01. The number of piperidine rings is 1. The van der Waals surface area contributed by atoms with Crippen LogP contribution in [0.3, 0.4) is 0 Å². The molecule has 1 heterocycles. The van der Waals surface area contributed by atoms with E-state index in [0.29, 0.717) is 6.04 Å². The van der Waals surface area contributed by atoms with Gasteiger partial charge < -0.3 is 9.80 Å². The van der Waals surface area contributed by atoms with E-state index in [0.717, 1.165) is 18.9 Å². The average Bonchev–Trinajstić information content (AvgIpc) is 2.37. The van der Waals surface area contributed by atoms with Crippen molar-refractivity contribution in [3.63, 3.8) is 0 Å². The van der Waals surface area contributed by atoms with Gasteiger partial charge in [0.2, 0.25) is 0 Å². The number of nitrogens with zero attached hydrogens (tertiary/aromatic N) is 3. The summed E-state index contributed by atoms with van der Waals surface area (Å²) in [6.45, 7) is 8.82. The van der Waals surface area contributed by atoms with Crippen LogP contribution in [0.4, 0.5) is 0 Å². The Morgan fingerprint density at radius 3 is 2.53 bits per heavy atom. The third-order valence-corrected chi connectivity index (χ3v) is 3.90. The van der Waals surface area contributed by atoms with E-state index in [1.807, 2.05) is 0 Å². The van der Waals surface area contributed by atoms with Gasteiger partial charge in [0, 0.05) is 19.1 Å². The van der Waals surface area contributed by atoms with Crippen LogP contribution in [-0.4, -0.2) is 62.2 Å². The van der Waals surface area contributed by atoms with Crippen molar-refractivity contribution in [1.29, 1.82) is 5.26 Å². The number of rotatable bonds is 7. The minimum Gasteiger partial charge on any atom is -0.306 e. The molecule has 0 aromatic rings. The summed E-state index contributed by atoms with van der Waals surface area (Å²) in [7, 11) is 4.39. The fraction of sp³-hybridized carbons (Fsp3) is 0.933. The highest BCUT2D eigenvalue weighted by molar-refractivity contribution is 4.91.